The van der Waals surface area contributed by atoms with Gasteiger partial charge in [0.15, 0.2) is 0 Å². The molecule has 1 aliphatic heterocycles. The number of aryl methyl sites for hydroxylation is 1. The molecule has 0 aliphatic carbocycles. The van der Waals surface area contributed by atoms with E-state index in [2.05, 4.69) is 14.0 Å². The molecular weight excluding hydrogens is 310 g/mol. The summed E-state index contributed by atoms with van der Waals surface area (Å²) >= 11 is 0. The molecule has 1 aromatic heterocycles. The maximum Gasteiger partial charge on any atom is 0.274 e. The molecule has 3 rings (SSSR count). The Morgan fingerprint density at radius 1 is 1.22 bits per heavy atom. The molecule has 0 bridgehead atoms. The smallest absolute Gasteiger partial charge is 0.274 e. The Kier molecular flexibility index (Phi) is 6.19. The molecule has 1 N–H and O–H groups in total. The van der Waals surface area contributed by atoms with Crippen molar-refractivity contribution < 1.29 is 17.3 Å². The van der Waals surface area contributed by atoms with Gasteiger partial charge in [-0.15, -0.1) is 0 Å². The molecule has 4 nitrogen and oxygen atoms in total. The van der Waals surface area contributed by atoms with E-state index in [1.807, 2.05) is 24.3 Å². The third-order valence-electron chi connectivity index (χ3n) is 4.78. The van der Waals surface area contributed by atoms with Gasteiger partial charge in [0, 0.05) is 11.8 Å². The van der Waals surface area contributed by atoms with Crippen molar-refractivity contribution in [2.75, 3.05) is 20.1 Å². The Balaban J connectivity index is 0.00000192. The molecule has 23 heavy (non-hydrogen) atoms. The van der Waals surface area contributed by atoms with Crippen molar-refractivity contribution in [2.24, 2.45) is 0 Å². The highest BCUT2D eigenvalue weighted by Gasteiger charge is 2.22. The number of nitrogens with one attached hydrogen (secondary N) is 1. The van der Waals surface area contributed by atoms with E-state index in [9.17, 15) is 4.79 Å². The number of fused-ring (bicyclic) bond motifs is 1. The highest BCUT2D eigenvalue weighted by Crippen LogP contribution is 2.20. The zero-order valence-corrected chi connectivity index (χ0v) is 14.8. The maximum atomic E-state index is 12.9. The first-order valence-electron chi connectivity index (χ1n) is 8.52. The van der Waals surface area contributed by atoms with Gasteiger partial charge in [0.05, 0.1) is 37.3 Å². The average molecular weight is 336 g/mol. The van der Waals surface area contributed by atoms with Crippen molar-refractivity contribution in [3.63, 3.8) is 0 Å². The second kappa shape index (κ2) is 7.93. The molecule has 1 aliphatic rings. The van der Waals surface area contributed by atoms with Gasteiger partial charge in [-0.05, 0) is 25.3 Å². The summed E-state index contributed by atoms with van der Waals surface area (Å²) in [7, 11) is 2.24. The number of likely N-dealkylation sites (tertiary alicyclic amines) is 1. The van der Waals surface area contributed by atoms with Gasteiger partial charge in [-0.25, -0.2) is 4.68 Å². The summed E-state index contributed by atoms with van der Waals surface area (Å²) in [4.78, 5) is 14.4. The topological polar surface area (TPSA) is 39.3 Å². The molecule has 0 saturated carbocycles. The number of hydrogen-bond donors (Lipinski definition) is 1. The molecule has 5 heteroatoms. The Morgan fingerprint density at radius 2 is 1.96 bits per heavy atom. The van der Waals surface area contributed by atoms with Crippen LogP contribution in [0, 0.1) is 0 Å². The van der Waals surface area contributed by atoms with Crippen LogP contribution in [0.25, 0.3) is 10.8 Å². The van der Waals surface area contributed by atoms with Gasteiger partial charge in [-0.1, -0.05) is 31.5 Å². The molecule has 2 atom stereocenters. The minimum absolute atomic E-state index is 0. The maximum absolute atomic E-state index is 12.9. The van der Waals surface area contributed by atoms with Gasteiger partial charge >= 0.3 is 0 Å². The minimum atomic E-state index is 0. The zero-order valence-electron chi connectivity index (χ0n) is 14.0. The standard InChI is InChI=1S/C18H25N3O.ClH/c1-3-7-17-15-9-4-5-10-16(15)18(22)21(19-17)14-8-6-12-20(2)13-11-14;/h4-5,9-10,14H,3,6-8,11-13H2,1-2H3;1H. The summed E-state index contributed by atoms with van der Waals surface area (Å²) in [6.07, 6.45) is 5.25. The lowest BCUT2D eigenvalue weighted by atomic mass is 10.1. The predicted molar refractivity (Wildman–Crippen MR) is 89.5 cm³/mol. The van der Waals surface area contributed by atoms with Crippen LogP contribution < -0.4 is 22.9 Å². The molecule has 1 fully saturated rings. The van der Waals surface area contributed by atoms with E-state index < -0.39 is 0 Å². The van der Waals surface area contributed by atoms with Crippen LogP contribution in [0.1, 0.15) is 44.3 Å². The Labute approximate surface area is 143 Å². The van der Waals surface area contributed by atoms with E-state index in [4.69, 9.17) is 5.10 Å². The molecule has 1 saturated heterocycles. The molecule has 126 valence electrons. The normalized spacial score (nSPS) is 21.7. The van der Waals surface area contributed by atoms with E-state index in [1.54, 1.807) is 9.58 Å². The van der Waals surface area contributed by atoms with Crippen LogP contribution in [0.15, 0.2) is 29.1 Å². The van der Waals surface area contributed by atoms with Gasteiger partial charge in [-0.3, -0.25) is 4.79 Å². The van der Waals surface area contributed by atoms with E-state index in [-0.39, 0.29) is 24.0 Å². The summed E-state index contributed by atoms with van der Waals surface area (Å²) in [5.41, 5.74) is 1.16. The average Bonchev–Trinajstić information content (AvgIpc) is 2.75. The first kappa shape index (κ1) is 18.0. The van der Waals surface area contributed by atoms with E-state index in [1.165, 1.54) is 13.0 Å². The number of aromatic nitrogens is 2. The number of halogens is 1. The van der Waals surface area contributed by atoms with Gasteiger partial charge in [-0.2, -0.15) is 5.10 Å². The summed E-state index contributed by atoms with van der Waals surface area (Å²) < 4.78 is 1.80. The van der Waals surface area contributed by atoms with Crippen molar-refractivity contribution >= 4 is 10.8 Å². The van der Waals surface area contributed by atoms with Crippen LogP contribution in [-0.2, 0) is 6.42 Å². The SMILES string of the molecule is CCCc1nn(C2CCC[NH+](C)CC2)c(=O)c2ccccc12.[Cl-]. The minimum Gasteiger partial charge on any atom is -1.00 e. The summed E-state index contributed by atoms with van der Waals surface area (Å²) in [6, 6.07) is 8.18. The van der Waals surface area contributed by atoms with Gasteiger partial charge in [0.2, 0.25) is 0 Å². The van der Waals surface area contributed by atoms with Crippen LogP contribution in [0.4, 0.5) is 0 Å². The number of hydrogen-bond acceptors (Lipinski definition) is 2. The van der Waals surface area contributed by atoms with Crippen LogP contribution >= 0.6 is 0 Å². The number of nitrogens with zero attached hydrogens (tertiary/aromatic N) is 2. The van der Waals surface area contributed by atoms with Gasteiger partial charge in [0.1, 0.15) is 0 Å². The van der Waals surface area contributed by atoms with E-state index in [0.717, 1.165) is 48.7 Å². The molecule has 0 amide bonds. The quantitative estimate of drug-likeness (QED) is 0.749. The van der Waals surface area contributed by atoms with Crippen LogP contribution in [0.5, 0.6) is 0 Å². The van der Waals surface area contributed by atoms with Crippen LogP contribution in [0.2, 0.25) is 0 Å². The monoisotopic (exact) mass is 335 g/mol. The van der Waals surface area contributed by atoms with Crippen molar-refractivity contribution in [1.82, 2.24) is 9.78 Å². The molecule has 2 heterocycles. The first-order chi connectivity index (χ1) is 10.7. The largest absolute Gasteiger partial charge is 1.00 e. The van der Waals surface area contributed by atoms with E-state index >= 15 is 0 Å². The summed E-state index contributed by atoms with van der Waals surface area (Å²) in [5, 5.41) is 6.63. The summed E-state index contributed by atoms with van der Waals surface area (Å²) in [6.45, 7) is 4.48. The Morgan fingerprint density at radius 3 is 2.70 bits per heavy atom. The zero-order chi connectivity index (χ0) is 15.5. The Bertz CT molecular complexity index is 713. The fraction of sp³-hybridized carbons (Fsp3) is 0.556. The molecule has 0 spiro atoms. The second-order valence-corrected chi connectivity index (χ2v) is 6.53. The van der Waals surface area contributed by atoms with Gasteiger partial charge < -0.3 is 17.3 Å². The lowest BCUT2D eigenvalue weighted by Gasteiger charge is -2.18. The lowest BCUT2D eigenvalue weighted by Crippen LogP contribution is -3.08. The molecule has 1 aromatic carbocycles. The molecular formula is C18H26ClN3O. The Hall–Kier alpha value is -1.39. The van der Waals surface area contributed by atoms with Crippen molar-refractivity contribution in [3.05, 3.63) is 40.3 Å². The number of benzene rings is 1. The fourth-order valence-corrected chi connectivity index (χ4v) is 3.51. The first-order valence-corrected chi connectivity index (χ1v) is 8.52. The second-order valence-electron chi connectivity index (χ2n) is 6.53. The van der Waals surface area contributed by atoms with Crippen molar-refractivity contribution in [1.29, 1.82) is 0 Å². The number of rotatable bonds is 3. The summed E-state index contributed by atoms with van der Waals surface area (Å²) in [5.74, 6) is 0. The molecule has 2 aromatic rings. The third kappa shape index (κ3) is 3.75. The highest BCUT2D eigenvalue weighted by molar-refractivity contribution is 5.83. The third-order valence-corrected chi connectivity index (χ3v) is 4.78. The van der Waals surface area contributed by atoms with Crippen molar-refractivity contribution in [3.8, 4) is 0 Å². The highest BCUT2D eigenvalue weighted by atomic mass is 35.5. The molecule has 2 unspecified atom stereocenters. The van der Waals surface area contributed by atoms with Crippen LogP contribution in [0.3, 0.4) is 0 Å². The van der Waals surface area contributed by atoms with Gasteiger partial charge in [0.25, 0.3) is 5.56 Å². The van der Waals surface area contributed by atoms with Crippen LogP contribution in [-0.4, -0.2) is 29.9 Å². The predicted octanol–water partition coefficient (Wildman–Crippen LogP) is -1.41. The van der Waals surface area contributed by atoms with E-state index in [0.29, 0.717) is 0 Å². The molecule has 0 radical (unpaired) electrons. The van der Waals surface area contributed by atoms with Crippen molar-refractivity contribution in [2.45, 2.75) is 45.1 Å². The number of quaternary nitrogens is 1. The lowest BCUT2D eigenvalue weighted by molar-refractivity contribution is -0.878. The fourth-order valence-electron chi connectivity index (χ4n) is 3.51.